The van der Waals surface area contributed by atoms with Gasteiger partial charge in [-0.05, 0) is 18.2 Å². The lowest BCUT2D eigenvalue weighted by molar-refractivity contribution is -0.113. The van der Waals surface area contributed by atoms with Crippen LogP contribution in [0.2, 0.25) is 4.34 Å². The Kier molecular flexibility index (Phi) is 5.91. The van der Waals surface area contributed by atoms with E-state index in [4.69, 9.17) is 11.6 Å². The van der Waals surface area contributed by atoms with Gasteiger partial charge in [-0.2, -0.15) is 0 Å². The van der Waals surface area contributed by atoms with Crippen molar-refractivity contribution < 1.29 is 9.90 Å². The number of para-hydroxylation sites is 1. The highest BCUT2D eigenvalue weighted by atomic mass is 35.5. The first kappa shape index (κ1) is 15.4. The van der Waals surface area contributed by atoms with Crippen molar-refractivity contribution in [1.82, 2.24) is 0 Å². The fourth-order valence-electron chi connectivity index (χ4n) is 1.64. The highest BCUT2D eigenvalue weighted by molar-refractivity contribution is 7.99. The SMILES string of the molecule is O=C(CSCc1ccc(Cl)s1)Nc1ccccc1CO. The first-order chi connectivity index (χ1) is 9.69. The Bertz CT molecular complexity index is 586. The number of carbonyl (C=O) groups excluding carboxylic acids is 1. The summed E-state index contributed by atoms with van der Waals surface area (Å²) in [6.07, 6.45) is 0. The molecule has 0 fully saturated rings. The van der Waals surface area contributed by atoms with E-state index in [-0.39, 0.29) is 12.5 Å². The molecule has 3 nitrogen and oxygen atoms in total. The normalized spacial score (nSPS) is 10.5. The Morgan fingerprint density at radius 2 is 2.10 bits per heavy atom. The summed E-state index contributed by atoms with van der Waals surface area (Å²) in [5, 5.41) is 12.0. The molecule has 0 aliphatic carbocycles. The lowest BCUT2D eigenvalue weighted by Gasteiger charge is -2.08. The van der Waals surface area contributed by atoms with E-state index in [2.05, 4.69) is 5.32 Å². The molecule has 106 valence electrons. The highest BCUT2D eigenvalue weighted by Crippen LogP contribution is 2.25. The average Bonchev–Trinajstić information content (AvgIpc) is 2.85. The van der Waals surface area contributed by atoms with Gasteiger partial charge in [0.1, 0.15) is 0 Å². The van der Waals surface area contributed by atoms with Crippen LogP contribution in [0, 0.1) is 0 Å². The molecular weight excluding hydrogens is 314 g/mol. The number of thioether (sulfide) groups is 1. The number of aliphatic hydroxyl groups is 1. The van der Waals surface area contributed by atoms with Crippen LogP contribution >= 0.6 is 34.7 Å². The molecule has 1 aromatic carbocycles. The van der Waals surface area contributed by atoms with Gasteiger partial charge in [-0.25, -0.2) is 0 Å². The van der Waals surface area contributed by atoms with Gasteiger partial charge in [0.25, 0.3) is 0 Å². The Morgan fingerprint density at radius 3 is 2.80 bits per heavy atom. The number of halogens is 1. The van der Waals surface area contributed by atoms with Crippen LogP contribution < -0.4 is 5.32 Å². The zero-order valence-corrected chi connectivity index (χ0v) is 13.0. The zero-order valence-electron chi connectivity index (χ0n) is 10.6. The first-order valence-corrected chi connectivity index (χ1v) is 8.34. The number of hydrogen-bond donors (Lipinski definition) is 2. The van der Waals surface area contributed by atoms with Crippen molar-refractivity contribution in [2.75, 3.05) is 11.1 Å². The molecule has 0 radical (unpaired) electrons. The van der Waals surface area contributed by atoms with Gasteiger partial charge in [-0.3, -0.25) is 4.79 Å². The Balaban J connectivity index is 1.80. The number of carbonyl (C=O) groups is 1. The van der Waals surface area contributed by atoms with E-state index in [1.165, 1.54) is 23.1 Å². The molecule has 6 heteroatoms. The largest absolute Gasteiger partial charge is 0.392 e. The number of aliphatic hydroxyl groups excluding tert-OH is 1. The smallest absolute Gasteiger partial charge is 0.234 e. The monoisotopic (exact) mass is 327 g/mol. The van der Waals surface area contributed by atoms with Crippen molar-refractivity contribution in [3.8, 4) is 0 Å². The minimum atomic E-state index is -0.0860. The van der Waals surface area contributed by atoms with Crippen molar-refractivity contribution in [2.24, 2.45) is 0 Å². The maximum atomic E-state index is 11.8. The van der Waals surface area contributed by atoms with E-state index in [0.717, 1.165) is 20.5 Å². The number of hydrogen-bond acceptors (Lipinski definition) is 4. The van der Waals surface area contributed by atoms with E-state index in [1.807, 2.05) is 24.3 Å². The van der Waals surface area contributed by atoms with E-state index >= 15 is 0 Å². The molecule has 0 aliphatic heterocycles. The lowest BCUT2D eigenvalue weighted by atomic mass is 10.2. The summed E-state index contributed by atoms with van der Waals surface area (Å²) >= 11 is 8.92. The molecule has 0 bridgehead atoms. The molecule has 0 unspecified atom stereocenters. The molecule has 2 rings (SSSR count). The Hall–Kier alpha value is -1.01. The number of benzene rings is 1. The maximum absolute atomic E-state index is 11.8. The van der Waals surface area contributed by atoms with Crippen LogP contribution in [0.3, 0.4) is 0 Å². The van der Waals surface area contributed by atoms with Crippen LogP contribution in [0.5, 0.6) is 0 Å². The van der Waals surface area contributed by atoms with Gasteiger partial charge in [-0.15, -0.1) is 23.1 Å². The van der Waals surface area contributed by atoms with Crippen molar-refractivity contribution in [1.29, 1.82) is 0 Å². The second-order valence-corrected chi connectivity index (χ2v) is 6.85. The third kappa shape index (κ3) is 4.52. The molecule has 1 heterocycles. The zero-order chi connectivity index (χ0) is 14.4. The van der Waals surface area contributed by atoms with Crippen molar-refractivity contribution >= 4 is 46.3 Å². The second kappa shape index (κ2) is 7.69. The number of amides is 1. The van der Waals surface area contributed by atoms with E-state index in [1.54, 1.807) is 12.1 Å². The number of thiophene rings is 1. The molecule has 2 N–H and O–H groups in total. The number of rotatable bonds is 6. The first-order valence-electron chi connectivity index (χ1n) is 5.99. The van der Waals surface area contributed by atoms with Gasteiger partial charge < -0.3 is 10.4 Å². The van der Waals surface area contributed by atoms with Gasteiger partial charge >= 0.3 is 0 Å². The third-order valence-corrected chi connectivity index (χ3v) is 4.96. The average molecular weight is 328 g/mol. The quantitative estimate of drug-likeness (QED) is 0.849. The summed E-state index contributed by atoms with van der Waals surface area (Å²) in [5.74, 6) is 1.07. The summed E-state index contributed by atoms with van der Waals surface area (Å²) in [4.78, 5) is 13.0. The molecule has 20 heavy (non-hydrogen) atoms. The second-order valence-electron chi connectivity index (χ2n) is 4.06. The Labute approximate surface area is 131 Å². The van der Waals surface area contributed by atoms with Crippen molar-refractivity contribution in [2.45, 2.75) is 12.4 Å². The van der Waals surface area contributed by atoms with Crippen LogP contribution in [0.1, 0.15) is 10.4 Å². The summed E-state index contributed by atoms with van der Waals surface area (Å²) in [6.45, 7) is -0.0860. The summed E-state index contributed by atoms with van der Waals surface area (Å²) in [5.41, 5.74) is 1.38. The van der Waals surface area contributed by atoms with Crippen LogP contribution in [-0.2, 0) is 17.2 Å². The third-order valence-electron chi connectivity index (χ3n) is 2.57. The highest BCUT2D eigenvalue weighted by Gasteiger charge is 2.06. The maximum Gasteiger partial charge on any atom is 0.234 e. The van der Waals surface area contributed by atoms with Gasteiger partial charge in [0.15, 0.2) is 0 Å². The molecule has 1 amide bonds. The lowest BCUT2D eigenvalue weighted by Crippen LogP contribution is -2.15. The summed E-state index contributed by atoms with van der Waals surface area (Å²) < 4.78 is 0.766. The molecule has 0 aliphatic rings. The number of anilines is 1. The van der Waals surface area contributed by atoms with Gasteiger partial charge in [0.2, 0.25) is 5.91 Å². The van der Waals surface area contributed by atoms with Crippen LogP contribution in [0.15, 0.2) is 36.4 Å². The van der Waals surface area contributed by atoms with Crippen molar-refractivity contribution in [3.05, 3.63) is 51.2 Å². The van der Waals surface area contributed by atoms with Gasteiger partial charge in [0.05, 0.1) is 16.7 Å². The molecular formula is C14H14ClNO2S2. The molecule has 0 atom stereocenters. The molecule has 0 spiro atoms. The fourth-order valence-corrected chi connectivity index (χ4v) is 3.67. The molecule has 2 aromatic rings. The topological polar surface area (TPSA) is 49.3 Å². The van der Waals surface area contributed by atoms with E-state index in [9.17, 15) is 9.90 Å². The van der Waals surface area contributed by atoms with Gasteiger partial charge in [0, 0.05) is 21.9 Å². The minimum Gasteiger partial charge on any atom is -0.392 e. The minimum absolute atomic E-state index is 0.0708. The van der Waals surface area contributed by atoms with Crippen LogP contribution in [0.4, 0.5) is 5.69 Å². The standard InChI is InChI=1S/C14H14ClNO2S2/c15-13-6-5-11(20-13)8-19-9-14(18)16-12-4-2-1-3-10(12)7-17/h1-6,17H,7-9H2,(H,16,18). The van der Waals surface area contributed by atoms with Crippen LogP contribution in [0.25, 0.3) is 0 Å². The molecule has 0 saturated carbocycles. The van der Waals surface area contributed by atoms with E-state index < -0.39 is 0 Å². The predicted molar refractivity (Wildman–Crippen MR) is 86.5 cm³/mol. The van der Waals surface area contributed by atoms with Crippen molar-refractivity contribution in [3.63, 3.8) is 0 Å². The molecule has 1 aromatic heterocycles. The van der Waals surface area contributed by atoms with Gasteiger partial charge in [-0.1, -0.05) is 29.8 Å². The summed E-state index contributed by atoms with van der Waals surface area (Å²) in [7, 11) is 0. The fraction of sp³-hybridized carbons (Fsp3) is 0.214. The Morgan fingerprint density at radius 1 is 1.30 bits per heavy atom. The molecule has 0 saturated heterocycles. The number of nitrogens with one attached hydrogen (secondary N) is 1. The van der Waals surface area contributed by atoms with E-state index in [0.29, 0.717) is 11.4 Å². The van der Waals surface area contributed by atoms with Crippen LogP contribution in [-0.4, -0.2) is 16.8 Å². The summed E-state index contributed by atoms with van der Waals surface area (Å²) in [6, 6.07) is 11.1. The predicted octanol–water partition coefficient (Wildman–Crippen LogP) is 3.77.